The van der Waals surface area contributed by atoms with Crippen molar-refractivity contribution in [2.45, 2.75) is 13.8 Å². The fraction of sp³-hybridized carbons (Fsp3) is 0.238. The number of aromatic nitrogens is 1. The van der Waals surface area contributed by atoms with E-state index in [1.165, 1.54) is 20.3 Å². The number of esters is 1. The van der Waals surface area contributed by atoms with Crippen LogP contribution in [-0.4, -0.2) is 37.7 Å². The molecule has 0 atom stereocenters. The molecule has 1 heterocycles. The van der Waals surface area contributed by atoms with Crippen LogP contribution in [0, 0.1) is 13.8 Å². The molecule has 3 rings (SSSR count). The fourth-order valence-corrected chi connectivity index (χ4v) is 3.19. The van der Waals surface area contributed by atoms with Crippen LogP contribution in [0.5, 0.6) is 11.5 Å². The van der Waals surface area contributed by atoms with Gasteiger partial charge in [-0.05, 0) is 43.7 Å². The van der Waals surface area contributed by atoms with Crippen LogP contribution in [0.4, 0.5) is 5.69 Å². The lowest BCUT2D eigenvalue weighted by Gasteiger charge is -2.13. The van der Waals surface area contributed by atoms with Gasteiger partial charge in [0.1, 0.15) is 11.5 Å². The lowest BCUT2D eigenvalue weighted by Crippen LogP contribution is -2.21. The summed E-state index contributed by atoms with van der Waals surface area (Å²) in [4.78, 5) is 27.8. The first-order valence-electron chi connectivity index (χ1n) is 8.81. The summed E-state index contributed by atoms with van der Waals surface area (Å²) in [5, 5.41) is 3.87. The maximum atomic E-state index is 12.3. The molecule has 152 valence electrons. The number of anilines is 1. The number of carbonyl (C=O) groups is 2. The first-order valence-corrected chi connectivity index (χ1v) is 9.19. The van der Waals surface area contributed by atoms with Crippen molar-refractivity contribution in [2.24, 2.45) is 0 Å². The predicted octanol–water partition coefficient (Wildman–Crippen LogP) is 4.25. The van der Waals surface area contributed by atoms with E-state index in [2.05, 4.69) is 10.3 Å². The molecule has 3 aromatic rings. The zero-order valence-corrected chi connectivity index (χ0v) is 17.3. The maximum Gasteiger partial charge on any atom is 0.338 e. The molecule has 0 aliphatic carbocycles. The van der Waals surface area contributed by atoms with Crippen molar-refractivity contribution in [1.29, 1.82) is 0 Å². The van der Waals surface area contributed by atoms with Gasteiger partial charge in [0.05, 0.1) is 30.5 Å². The lowest BCUT2D eigenvalue weighted by atomic mass is 10.1. The van der Waals surface area contributed by atoms with Gasteiger partial charge in [0, 0.05) is 22.7 Å². The number of aryl methyl sites for hydroxylation is 2. The van der Waals surface area contributed by atoms with Crippen molar-refractivity contribution in [3.63, 3.8) is 0 Å². The second-order valence-electron chi connectivity index (χ2n) is 6.45. The van der Waals surface area contributed by atoms with Gasteiger partial charge in [0.15, 0.2) is 6.61 Å². The second-order valence-corrected chi connectivity index (χ2v) is 6.85. The summed E-state index contributed by atoms with van der Waals surface area (Å²) in [6, 6.07) is 8.28. The summed E-state index contributed by atoms with van der Waals surface area (Å²) in [7, 11) is 2.94. The van der Waals surface area contributed by atoms with Gasteiger partial charge in [0.2, 0.25) is 0 Å². The molecule has 0 aliphatic heterocycles. The highest BCUT2D eigenvalue weighted by Crippen LogP contribution is 2.35. The Morgan fingerprint density at radius 3 is 2.48 bits per heavy atom. The maximum absolute atomic E-state index is 12.3. The minimum absolute atomic E-state index is 0.311. The lowest BCUT2D eigenvalue weighted by molar-refractivity contribution is -0.119. The molecule has 2 aromatic carbocycles. The number of benzene rings is 2. The van der Waals surface area contributed by atoms with Gasteiger partial charge in [-0.3, -0.25) is 4.79 Å². The van der Waals surface area contributed by atoms with E-state index in [0.29, 0.717) is 27.8 Å². The Labute approximate surface area is 172 Å². The second kappa shape index (κ2) is 8.45. The predicted molar refractivity (Wildman–Crippen MR) is 111 cm³/mol. The molecule has 0 bridgehead atoms. The highest BCUT2D eigenvalue weighted by molar-refractivity contribution is 6.32. The minimum atomic E-state index is -0.583. The number of amides is 1. The molecule has 0 saturated heterocycles. The fourth-order valence-electron chi connectivity index (χ4n) is 2.95. The first kappa shape index (κ1) is 20.5. The summed E-state index contributed by atoms with van der Waals surface area (Å²) in [6.07, 6.45) is 0. The molecule has 0 aliphatic rings. The Hall–Kier alpha value is -3.19. The first-order chi connectivity index (χ1) is 13.8. The zero-order valence-electron chi connectivity index (χ0n) is 16.5. The van der Waals surface area contributed by atoms with Crippen molar-refractivity contribution >= 4 is 40.1 Å². The highest BCUT2D eigenvalue weighted by Gasteiger charge is 2.16. The van der Waals surface area contributed by atoms with Gasteiger partial charge in [-0.2, -0.15) is 0 Å². The zero-order chi connectivity index (χ0) is 21.1. The van der Waals surface area contributed by atoms with E-state index < -0.39 is 18.5 Å². The molecule has 1 amide bonds. The normalized spacial score (nSPS) is 10.7. The van der Waals surface area contributed by atoms with Gasteiger partial charge in [-0.15, -0.1) is 0 Å². The molecule has 1 aromatic heterocycles. The summed E-state index contributed by atoms with van der Waals surface area (Å²) >= 11 is 6.09. The molecular weight excluding hydrogens is 396 g/mol. The van der Waals surface area contributed by atoms with Gasteiger partial charge in [-0.25, -0.2) is 4.79 Å². The molecule has 29 heavy (non-hydrogen) atoms. The molecule has 8 heteroatoms. The number of rotatable bonds is 6. The van der Waals surface area contributed by atoms with Crippen molar-refractivity contribution < 1.29 is 23.8 Å². The molecule has 0 unspecified atom stereocenters. The molecule has 7 nitrogen and oxygen atoms in total. The summed E-state index contributed by atoms with van der Waals surface area (Å²) in [5.41, 5.74) is 3.77. The molecule has 0 spiro atoms. The average Bonchev–Trinajstić information content (AvgIpc) is 2.99. The number of halogens is 1. The number of methoxy groups -OCH3 is 2. The number of fused-ring (bicyclic) bond motifs is 1. The van der Waals surface area contributed by atoms with E-state index in [9.17, 15) is 9.59 Å². The van der Waals surface area contributed by atoms with Crippen LogP contribution in [0.1, 0.15) is 21.6 Å². The van der Waals surface area contributed by atoms with E-state index in [1.54, 1.807) is 18.2 Å². The number of hydrogen-bond acceptors (Lipinski definition) is 5. The number of ether oxygens (including phenoxy) is 3. The topological polar surface area (TPSA) is 89.7 Å². The largest absolute Gasteiger partial charge is 0.495 e. The van der Waals surface area contributed by atoms with Crippen molar-refractivity contribution in [3.8, 4) is 11.5 Å². The Balaban J connectivity index is 1.67. The van der Waals surface area contributed by atoms with Gasteiger partial charge < -0.3 is 24.5 Å². The van der Waals surface area contributed by atoms with E-state index in [0.717, 1.165) is 22.2 Å². The minimum Gasteiger partial charge on any atom is -0.495 e. The molecular formula is C21H21ClN2O5. The number of nitrogens with one attached hydrogen (secondary N) is 2. The average molecular weight is 417 g/mol. The molecule has 0 radical (unpaired) electrons. The quantitative estimate of drug-likeness (QED) is 0.586. The van der Waals surface area contributed by atoms with E-state index in [1.807, 2.05) is 19.9 Å². The van der Waals surface area contributed by atoms with Gasteiger partial charge >= 0.3 is 5.97 Å². The van der Waals surface area contributed by atoms with Crippen molar-refractivity contribution in [2.75, 3.05) is 26.1 Å². The summed E-state index contributed by atoms with van der Waals surface area (Å²) < 4.78 is 15.5. The monoisotopic (exact) mass is 416 g/mol. The summed E-state index contributed by atoms with van der Waals surface area (Å²) in [6.45, 7) is 3.50. The number of carbonyl (C=O) groups excluding carboxylic acids is 2. The third-order valence-corrected chi connectivity index (χ3v) is 4.92. The van der Waals surface area contributed by atoms with Gasteiger partial charge in [0.25, 0.3) is 5.91 Å². The SMILES string of the molecule is COc1cc(OC)c(NC(=O)COC(=O)c2ccc3[nH]c(C)c(C)c3c2)cc1Cl. The van der Waals surface area contributed by atoms with E-state index in [-0.39, 0.29) is 0 Å². The third kappa shape index (κ3) is 4.30. The number of H-pyrrole nitrogens is 1. The van der Waals surface area contributed by atoms with Crippen molar-refractivity contribution in [3.05, 3.63) is 52.2 Å². The van der Waals surface area contributed by atoms with E-state index >= 15 is 0 Å². The third-order valence-electron chi connectivity index (χ3n) is 4.63. The van der Waals surface area contributed by atoms with Crippen LogP contribution < -0.4 is 14.8 Å². The summed E-state index contributed by atoms with van der Waals surface area (Å²) in [5.74, 6) is -0.319. The van der Waals surface area contributed by atoms with Crippen LogP contribution in [0.3, 0.4) is 0 Å². The van der Waals surface area contributed by atoms with Crippen LogP contribution in [0.25, 0.3) is 10.9 Å². The molecule has 0 saturated carbocycles. The Morgan fingerprint density at radius 2 is 1.79 bits per heavy atom. The van der Waals surface area contributed by atoms with Crippen molar-refractivity contribution in [1.82, 2.24) is 4.98 Å². The Morgan fingerprint density at radius 1 is 1.07 bits per heavy atom. The highest BCUT2D eigenvalue weighted by atomic mass is 35.5. The standard InChI is InChI=1S/C21H21ClN2O5/c1-11-12(2)23-16-6-5-13(7-14(11)16)21(26)29-10-20(25)24-17-8-15(22)18(27-3)9-19(17)28-4/h5-9,23H,10H2,1-4H3,(H,24,25). The van der Waals surface area contributed by atoms with Crippen LogP contribution in [0.2, 0.25) is 5.02 Å². The molecule has 0 fully saturated rings. The number of aromatic amines is 1. The Bertz CT molecular complexity index is 1090. The smallest absolute Gasteiger partial charge is 0.338 e. The van der Waals surface area contributed by atoms with Crippen LogP contribution in [-0.2, 0) is 9.53 Å². The van der Waals surface area contributed by atoms with Gasteiger partial charge in [-0.1, -0.05) is 11.6 Å². The number of hydrogen-bond donors (Lipinski definition) is 2. The molecule has 2 N–H and O–H groups in total. The van der Waals surface area contributed by atoms with E-state index in [4.69, 9.17) is 25.8 Å². The van der Waals surface area contributed by atoms with Crippen LogP contribution >= 0.6 is 11.6 Å². The van der Waals surface area contributed by atoms with Crippen LogP contribution in [0.15, 0.2) is 30.3 Å². The Kier molecular flexibility index (Phi) is 5.98.